The molecule has 2 aromatic heterocycles. The van der Waals surface area contributed by atoms with E-state index in [9.17, 15) is 14.3 Å². The highest BCUT2D eigenvalue weighted by molar-refractivity contribution is 5.95. The van der Waals surface area contributed by atoms with Gasteiger partial charge in [-0.2, -0.15) is 0 Å². The Morgan fingerprint density at radius 3 is 2.75 bits per heavy atom. The lowest BCUT2D eigenvalue weighted by Crippen LogP contribution is -2.31. The van der Waals surface area contributed by atoms with Crippen LogP contribution in [-0.4, -0.2) is 25.5 Å². The first-order chi connectivity index (χ1) is 11.6. The van der Waals surface area contributed by atoms with Gasteiger partial charge in [0.15, 0.2) is 5.69 Å². The molecule has 24 heavy (non-hydrogen) atoms. The molecule has 0 fully saturated rings. The number of hydrogen-bond acceptors (Lipinski definition) is 4. The van der Waals surface area contributed by atoms with Crippen LogP contribution < -0.4 is 5.32 Å². The van der Waals surface area contributed by atoms with Crippen LogP contribution in [0.5, 0.6) is 5.75 Å². The standard InChI is InChI=1S/C17H15FN4O2/c1-22-9-8-20-16(22)14(11-4-2-5-12(18)10-11)21-17(24)15-13(23)6-3-7-19-15/h2-10,14,23H,1H3,(H,21,24). The number of rotatable bonds is 4. The zero-order chi connectivity index (χ0) is 17.1. The molecule has 0 bridgehead atoms. The van der Waals surface area contributed by atoms with Crippen molar-refractivity contribution in [2.75, 3.05) is 0 Å². The number of hydrogen-bond donors (Lipinski definition) is 2. The van der Waals surface area contributed by atoms with Gasteiger partial charge in [0.05, 0.1) is 0 Å². The molecule has 122 valence electrons. The van der Waals surface area contributed by atoms with E-state index in [1.54, 1.807) is 36.1 Å². The van der Waals surface area contributed by atoms with E-state index in [1.807, 2.05) is 0 Å². The number of imidazole rings is 1. The quantitative estimate of drug-likeness (QED) is 0.770. The lowest BCUT2D eigenvalue weighted by atomic mass is 10.1. The van der Waals surface area contributed by atoms with E-state index in [4.69, 9.17) is 0 Å². The third-order valence-corrected chi connectivity index (χ3v) is 3.58. The Hall–Kier alpha value is -3.22. The molecule has 0 saturated carbocycles. The summed E-state index contributed by atoms with van der Waals surface area (Å²) >= 11 is 0. The molecule has 3 aromatic rings. The molecule has 1 atom stereocenters. The lowest BCUT2D eigenvalue weighted by molar-refractivity contribution is 0.0933. The van der Waals surface area contributed by atoms with Gasteiger partial charge in [-0.15, -0.1) is 0 Å². The Morgan fingerprint density at radius 2 is 2.08 bits per heavy atom. The number of halogens is 1. The molecule has 1 unspecified atom stereocenters. The molecule has 7 heteroatoms. The van der Waals surface area contributed by atoms with Gasteiger partial charge in [-0.05, 0) is 29.8 Å². The third-order valence-electron chi connectivity index (χ3n) is 3.58. The highest BCUT2D eigenvalue weighted by atomic mass is 19.1. The second kappa shape index (κ2) is 6.49. The highest BCUT2D eigenvalue weighted by Crippen LogP contribution is 2.22. The van der Waals surface area contributed by atoms with Crippen molar-refractivity contribution in [2.45, 2.75) is 6.04 Å². The van der Waals surface area contributed by atoms with Crippen LogP contribution in [0.2, 0.25) is 0 Å². The lowest BCUT2D eigenvalue weighted by Gasteiger charge is -2.19. The maximum absolute atomic E-state index is 13.6. The van der Waals surface area contributed by atoms with Crippen LogP contribution in [0.1, 0.15) is 27.9 Å². The molecule has 0 aliphatic heterocycles. The molecule has 2 N–H and O–H groups in total. The fourth-order valence-corrected chi connectivity index (χ4v) is 2.41. The monoisotopic (exact) mass is 326 g/mol. The number of amides is 1. The summed E-state index contributed by atoms with van der Waals surface area (Å²) in [7, 11) is 1.78. The fraction of sp³-hybridized carbons (Fsp3) is 0.118. The maximum Gasteiger partial charge on any atom is 0.274 e. The summed E-state index contributed by atoms with van der Waals surface area (Å²) in [5.41, 5.74) is 0.432. The number of benzene rings is 1. The van der Waals surface area contributed by atoms with Crippen molar-refractivity contribution in [1.82, 2.24) is 19.9 Å². The van der Waals surface area contributed by atoms with Crippen LogP contribution in [-0.2, 0) is 7.05 Å². The summed E-state index contributed by atoms with van der Waals surface area (Å²) in [4.78, 5) is 20.6. The maximum atomic E-state index is 13.6. The van der Waals surface area contributed by atoms with Gasteiger partial charge >= 0.3 is 0 Å². The molecule has 2 heterocycles. The van der Waals surface area contributed by atoms with Gasteiger partial charge in [0.2, 0.25) is 0 Å². The zero-order valence-corrected chi connectivity index (χ0v) is 12.8. The average Bonchev–Trinajstić information content (AvgIpc) is 2.98. The van der Waals surface area contributed by atoms with Gasteiger partial charge < -0.3 is 15.0 Å². The summed E-state index contributed by atoms with van der Waals surface area (Å²) < 4.78 is 15.3. The fourth-order valence-electron chi connectivity index (χ4n) is 2.41. The van der Waals surface area contributed by atoms with Crippen molar-refractivity contribution in [3.05, 3.63) is 77.9 Å². The van der Waals surface area contributed by atoms with Crippen LogP contribution in [0.15, 0.2) is 55.0 Å². The Bertz CT molecular complexity index is 878. The molecule has 0 spiro atoms. The summed E-state index contributed by atoms with van der Waals surface area (Å²) in [5.74, 6) is -0.691. The van der Waals surface area contributed by atoms with Gasteiger partial charge in [0, 0.05) is 25.6 Å². The van der Waals surface area contributed by atoms with Crippen molar-refractivity contribution >= 4 is 5.91 Å². The van der Waals surface area contributed by atoms with Gasteiger partial charge in [-0.25, -0.2) is 14.4 Å². The molecule has 1 amide bonds. The topological polar surface area (TPSA) is 80.0 Å². The van der Waals surface area contributed by atoms with E-state index in [-0.39, 0.29) is 11.4 Å². The van der Waals surface area contributed by atoms with Crippen molar-refractivity contribution in [3.63, 3.8) is 0 Å². The van der Waals surface area contributed by atoms with Crippen LogP contribution in [0.25, 0.3) is 0 Å². The Labute approximate surface area is 137 Å². The number of aryl methyl sites for hydroxylation is 1. The predicted molar refractivity (Wildman–Crippen MR) is 84.8 cm³/mol. The summed E-state index contributed by atoms with van der Waals surface area (Å²) in [6.45, 7) is 0. The molecule has 6 nitrogen and oxygen atoms in total. The van der Waals surface area contributed by atoms with E-state index in [1.165, 1.54) is 30.5 Å². The first-order valence-corrected chi connectivity index (χ1v) is 7.24. The van der Waals surface area contributed by atoms with E-state index < -0.39 is 17.8 Å². The molecule has 3 rings (SSSR count). The molecule has 1 aromatic carbocycles. The van der Waals surface area contributed by atoms with E-state index >= 15 is 0 Å². The molecule has 0 aliphatic carbocycles. The number of aromatic hydroxyl groups is 1. The number of pyridine rings is 1. The van der Waals surface area contributed by atoms with Crippen molar-refractivity contribution in [3.8, 4) is 5.75 Å². The minimum absolute atomic E-state index is 0.104. The number of nitrogens with zero attached hydrogens (tertiary/aromatic N) is 3. The molecule has 0 aliphatic rings. The third kappa shape index (κ3) is 3.10. The van der Waals surface area contributed by atoms with Crippen LogP contribution >= 0.6 is 0 Å². The van der Waals surface area contributed by atoms with Crippen LogP contribution in [0.3, 0.4) is 0 Å². The Morgan fingerprint density at radius 1 is 1.25 bits per heavy atom. The minimum atomic E-state index is -0.686. The number of nitrogens with one attached hydrogen (secondary N) is 1. The SMILES string of the molecule is Cn1ccnc1C(NC(=O)c1ncccc1O)c1cccc(F)c1. The Balaban J connectivity index is 1.98. The second-order valence-electron chi connectivity index (χ2n) is 5.23. The predicted octanol–water partition coefficient (Wildman–Crippen LogP) is 2.18. The summed E-state index contributed by atoms with van der Waals surface area (Å²) in [5, 5.41) is 12.5. The van der Waals surface area contributed by atoms with Crippen LogP contribution in [0, 0.1) is 5.82 Å². The largest absolute Gasteiger partial charge is 0.505 e. The average molecular weight is 326 g/mol. The van der Waals surface area contributed by atoms with Gasteiger partial charge in [0.25, 0.3) is 5.91 Å². The van der Waals surface area contributed by atoms with Crippen molar-refractivity contribution in [1.29, 1.82) is 0 Å². The zero-order valence-electron chi connectivity index (χ0n) is 12.8. The number of carbonyl (C=O) groups is 1. The molecule has 0 saturated heterocycles. The summed E-state index contributed by atoms with van der Waals surface area (Å²) in [6.07, 6.45) is 4.73. The second-order valence-corrected chi connectivity index (χ2v) is 5.23. The minimum Gasteiger partial charge on any atom is -0.505 e. The molecular weight excluding hydrogens is 311 g/mol. The molecular formula is C17H15FN4O2. The van der Waals surface area contributed by atoms with E-state index in [2.05, 4.69) is 15.3 Å². The first kappa shape index (κ1) is 15.7. The first-order valence-electron chi connectivity index (χ1n) is 7.24. The smallest absolute Gasteiger partial charge is 0.274 e. The number of carbonyl (C=O) groups excluding carboxylic acids is 1. The molecule has 0 radical (unpaired) electrons. The van der Waals surface area contributed by atoms with Crippen molar-refractivity contribution < 1.29 is 14.3 Å². The van der Waals surface area contributed by atoms with Gasteiger partial charge in [-0.3, -0.25) is 4.79 Å². The van der Waals surface area contributed by atoms with Crippen LogP contribution in [0.4, 0.5) is 4.39 Å². The normalized spacial score (nSPS) is 11.9. The van der Waals surface area contributed by atoms with E-state index in [0.29, 0.717) is 11.4 Å². The summed E-state index contributed by atoms with van der Waals surface area (Å²) in [6, 6.07) is 8.12. The van der Waals surface area contributed by atoms with E-state index in [0.717, 1.165) is 0 Å². The Kier molecular flexibility index (Phi) is 4.24. The highest BCUT2D eigenvalue weighted by Gasteiger charge is 2.23. The van der Waals surface area contributed by atoms with Gasteiger partial charge in [0.1, 0.15) is 23.4 Å². The van der Waals surface area contributed by atoms with Crippen molar-refractivity contribution in [2.24, 2.45) is 7.05 Å². The van der Waals surface area contributed by atoms with Gasteiger partial charge in [-0.1, -0.05) is 12.1 Å². The number of aromatic nitrogens is 3.